The molecule has 0 aliphatic rings. The molecule has 29 heavy (non-hydrogen) atoms. The Hall–Kier alpha value is -3.37. The summed E-state index contributed by atoms with van der Waals surface area (Å²) in [6.07, 6.45) is 0. The van der Waals surface area contributed by atoms with Crippen LogP contribution in [0.3, 0.4) is 0 Å². The van der Waals surface area contributed by atoms with Gasteiger partial charge in [0.2, 0.25) is 0 Å². The van der Waals surface area contributed by atoms with Crippen LogP contribution < -0.4 is 0 Å². The molecule has 0 saturated carbocycles. The number of fused-ring (bicyclic) bond motifs is 1. The number of hydrogen-bond donors (Lipinski definition) is 0. The average molecular weight is 438 g/mol. The number of halogens is 1. The fourth-order valence-electron chi connectivity index (χ4n) is 3.34. The first-order valence-electron chi connectivity index (χ1n) is 9.34. The molecule has 1 heterocycles. The third-order valence-corrected chi connectivity index (χ3v) is 5.66. The monoisotopic (exact) mass is 437 g/mol. The van der Waals surface area contributed by atoms with Crippen LogP contribution >= 0.6 is 15.9 Å². The SMILES string of the molecule is Brc1c(-c2nc(-c3ccccc3)nc(-c3ccccc3)n2)ccc2ccccc12. The molecule has 1 aromatic heterocycles. The molecule has 4 heteroatoms. The maximum atomic E-state index is 4.81. The van der Waals surface area contributed by atoms with E-state index in [-0.39, 0.29) is 0 Å². The van der Waals surface area contributed by atoms with Gasteiger partial charge >= 0.3 is 0 Å². The van der Waals surface area contributed by atoms with Crippen molar-refractivity contribution in [2.75, 3.05) is 0 Å². The highest BCUT2D eigenvalue weighted by Crippen LogP contribution is 2.34. The number of nitrogens with zero attached hydrogens (tertiary/aromatic N) is 3. The molecular weight excluding hydrogens is 422 g/mol. The Morgan fingerprint density at radius 1 is 0.483 bits per heavy atom. The zero-order valence-electron chi connectivity index (χ0n) is 15.5. The van der Waals surface area contributed by atoms with Crippen molar-refractivity contribution in [3.05, 3.63) is 102 Å². The van der Waals surface area contributed by atoms with Crippen LogP contribution in [0.15, 0.2) is 102 Å². The molecule has 0 N–H and O–H groups in total. The smallest absolute Gasteiger partial charge is 0.165 e. The number of benzene rings is 4. The van der Waals surface area contributed by atoms with Crippen LogP contribution in [-0.2, 0) is 0 Å². The maximum Gasteiger partial charge on any atom is 0.165 e. The van der Waals surface area contributed by atoms with Gasteiger partial charge in [-0.3, -0.25) is 0 Å². The van der Waals surface area contributed by atoms with Gasteiger partial charge in [-0.05, 0) is 32.8 Å². The van der Waals surface area contributed by atoms with E-state index in [0.717, 1.165) is 26.5 Å². The van der Waals surface area contributed by atoms with Crippen molar-refractivity contribution >= 4 is 26.7 Å². The summed E-state index contributed by atoms with van der Waals surface area (Å²) in [6, 6.07) is 32.5. The molecule has 0 radical (unpaired) electrons. The van der Waals surface area contributed by atoms with Crippen LogP contribution in [0.4, 0.5) is 0 Å². The largest absolute Gasteiger partial charge is 0.208 e. The Kier molecular flexibility index (Phi) is 4.62. The van der Waals surface area contributed by atoms with Crippen molar-refractivity contribution in [3.63, 3.8) is 0 Å². The molecule has 0 aliphatic heterocycles. The molecule has 5 aromatic rings. The van der Waals surface area contributed by atoms with Crippen molar-refractivity contribution in [1.82, 2.24) is 15.0 Å². The minimum Gasteiger partial charge on any atom is -0.208 e. The van der Waals surface area contributed by atoms with Gasteiger partial charge in [-0.2, -0.15) is 0 Å². The van der Waals surface area contributed by atoms with Crippen molar-refractivity contribution in [3.8, 4) is 34.2 Å². The minimum absolute atomic E-state index is 0.648. The molecule has 0 saturated heterocycles. The Balaban J connectivity index is 1.76. The molecule has 138 valence electrons. The van der Waals surface area contributed by atoms with Gasteiger partial charge in [-0.1, -0.05) is 91.0 Å². The second-order valence-corrected chi connectivity index (χ2v) is 7.48. The summed E-state index contributed by atoms with van der Waals surface area (Å²) in [5.41, 5.74) is 2.87. The molecule has 3 nitrogen and oxygen atoms in total. The lowest BCUT2D eigenvalue weighted by atomic mass is 10.1. The standard InChI is InChI=1S/C25H16BrN3/c26-22-20-14-8-7-9-17(20)15-16-21(22)25-28-23(18-10-3-1-4-11-18)27-24(29-25)19-12-5-2-6-13-19/h1-16H. The van der Waals surface area contributed by atoms with E-state index in [1.54, 1.807) is 0 Å². The minimum atomic E-state index is 0.648. The van der Waals surface area contributed by atoms with Crippen LogP contribution in [0.2, 0.25) is 0 Å². The van der Waals surface area contributed by atoms with Gasteiger partial charge in [-0.15, -0.1) is 0 Å². The summed E-state index contributed by atoms with van der Waals surface area (Å²) in [5, 5.41) is 2.30. The average Bonchev–Trinajstić information content (AvgIpc) is 2.80. The maximum absolute atomic E-state index is 4.81. The lowest BCUT2D eigenvalue weighted by Crippen LogP contribution is -2.00. The number of hydrogen-bond acceptors (Lipinski definition) is 3. The van der Waals surface area contributed by atoms with E-state index in [4.69, 9.17) is 15.0 Å². The zero-order chi connectivity index (χ0) is 19.6. The third kappa shape index (κ3) is 3.43. The molecule has 0 spiro atoms. The molecule has 0 fully saturated rings. The third-order valence-electron chi connectivity index (χ3n) is 4.80. The van der Waals surface area contributed by atoms with Gasteiger partial charge in [0.1, 0.15) is 0 Å². The summed E-state index contributed by atoms with van der Waals surface area (Å²) in [5.74, 6) is 1.97. The fraction of sp³-hybridized carbons (Fsp3) is 0. The van der Waals surface area contributed by atoms with E-state index in [9.17, 15) is 0 Å². The fourth-order valence-corrected chi connectivity index (χ4v) is 4.01. The Bertz CT molecular complexity index is 1240. The van der Waals surface area contributed by atoms with Gasteiger partial charge in [0.15, 0.2) is 17.5 Å². The topological polar surface area (TPSA) is 38.7 Å². The second kappa shape index (κ2) is 7.57. The summed E-state index contributed by atoms with van der Waals surface area (Å²) >= 11 is 3.78. The quantitative estimate of drug-likeness (QED) is 0.311. The van der Waals surface area contributed by atoms with Crippen LogP contribution in [0.1, 0.15) is 0 Å². The Morgan fingerprint density at radius 3 is 1.62 bits per heavy atom. The first-order valence-corrected chi connectivity index (χ1v) is 10.1. The van der Waals surface area contributed by atoms with Gasteiger partial charge in [0.25, 0.3) is 0 Å². The molecule has 0 unspecified atom stereocenters. The Morgan fingerprint density at radius 2 is 1.00 bits per heavy atom. The number of aromatic nitrogens is 3. The van der Waals surface area contributed by atoms with E-state index in [0.29, 0.717) is 17.5 Å². The molecule has 0 atom stereocenters. The molecule has 0 amide bonds. The zero-order valence-corrected chi connectivity index (χ0v) is 17.0. The van der Waals surface area contributed by atoms with Gasteiger partial charge < -0.3 is 0 Å². The van der Waals surface area contributed by atoms with E-state index in [1.165, 1.54) is 5.39 Å². The lowest BCUT2D eigenvalue weighted by Gasteiger charge is -2.11. The highest BCUT2D eigenvalue weighted by Gasteiger charge is 2.15. The normalized spacial score (nSPS) is 10.9. The highest BCUT2D eigenvalue weighted by atomic mass is 79.9. The van der Waals surface area contributed by atoms with Crippen molar-refractivity contribution < 1.29 is 0 Å². The second-order valence-electron chi connectivity index (χ2n) is 6.69. The van der Waals surface area contributed by atoms with Crippen LogP contribution in [0.5, 0.6) is 0 Å². The molecule has 0 aliphatic carbocycles. The molecule has 4 aromatic carbocycles. The first kappa shape index (κ1) is 17.7. The van der Waals surface area contributed by atoms with E-state index in [1.807, 2.05) is 72.8 Å². The van der Waals surface area contributed by atoms with E-state index < -0.39 is 0 Å². The first-order chi connectivity index (χ1) is 14.3. The molecular formula is C25H16BrN3. The van der Waals surface area contributed by atoms with Crippen molar-refractivity contribution in [2.24, 2.45) is 0 Å². The summed E-state index contributed by atoms with van der Waals surface area (Å²) in [6.45, 7) is 0. The van der Waals surface area contributed by atoms with Crippen molar-refractivity contribution in [2.45, 2.75) is 0 Å². The molecule has 5 rings (SSSR count). The lowest BCUT2D eigenvalue weighted by molar-refractivity contribution is 1.07. The van der Waals surface area contributed by atoms with Crippen LogP contribution in [-0.4, -0.2) is 15.0 Å². The van der Waals surface area contributed by atoms with Gasteiger partial charge in [0.05, 0.1) is 0 Å². The summed E-state index contributed by atoms with van der Waals surface area (Å²) in [4.78, 5) is 14.4. The summed E-state index contributed by atoms with van der Waals surface area (Å²) < 4.78 is 0.986. The van der Waals surface area contributed by atoms with E-state index in [2.05, 4.69) is 40.2 Å². The van der Waals surface area contributed by atoms with Gasteiger partial charge in [0, 0.05) is 21.2 Å². The summed E-state index contributed by atoms with van der Waals surface area (Å²) in [7, 11) is 0. The van der Waals surface area contributed by atoms with Crippen molar-refractivity contribution in [1.29, 1.82) is 0 Å². The van der Waals surface area contributed by atoms with Crippen LogP contribution in [0, 0.1) is 0 Å². The highest BCUT2D eigenvalue weighted by molar-refractivity contribution is 9.10. The predicted molar refractivity (Wildman–Crippen MR) is 121 cm³/mol. The van der Waals surface area contributed by atoms with Gasteiger partial charge in [-0.25, -0.2) is 15.0 Å². The van der Waals surface area contributed by atoms with E-state index >= 15 is 0 Å². The Labute approximate surface area is 177 Å². The number of rotatable bonds is 3. The molecule has 0 bridgehead atoms. The predicted octanol–water partition coefficient (Wildman–Crippen LogP) is 6.79. The van der Waals surface area contributed by atoms with Crippen LogP contribution in [0.25, 0.3) is 44.9 Å².